The van der Waals surface area contributed by atoms with Gasteiger partial charge in [-0.1, -0.05) is 239 Å². The van der Waals surface area contributed by atoms with Gasteiger partial charge in [-0.2, -0.15) is 0 Å². The Balaban J connectivity index is 1.15. The third-order valence-electron chi connectivity index (χ3n) is 16.4. The maximum atomic E-state index is 2.58. The van der Waals surface area contributed by atoms with E-state index in [9.17, 15) is 0 Å². The van der Waals surface area contributed by atoms with E-state index in [0.29, 0.717) is 0 Å². The molecule has 0 N–H and O–H groups in total. The Labute approximate surface area is 416 Å². The van der Waals surface area contributed by atoms with Crippen molar-refractivity contribution in [3.05, 3.63) is 256 Å². The van der Waals surface area contributed by atoms with Crippen LogP contribution in [-0.2, 0) is 27.1 Å². The van der Waals surface area contributed by atoms with Crippen LogP contribution in [0.1, 0.15) is 125 Å². The molecule has 0 atom stereocenters. The van der Waals surface area contributed by atoms with Crippen molar-refractivity contribution in [2.75, 3.05) is 4.90 Å². The second-order valence-electron chi connectivity index (χ2n) is 23.3. The summed E-state index contributed by atoms with van der Waals surface area (Å²) in [5.41, 5.74) is 26.2. The largest absolute Gasteiger partial charge is 0.310 e. The molecule has 3 aliphatic carbocycles. The van der Waals surface area contributed by atoms with Crippen molar-refractivity contribution in [1.29, 1.82) is 0 Å². The minimum atomic E-state index is -0.593. The molecule has 0 aliphatic heterocycles. The Morgan fingerprint density at radius 1 is 0.343 bits per heavy atom. The molecule has 3 aliphatic rings. The van der Waals surface area contributed by atoms with Gasteiger partial charge in [0.05, 0.1) is 11.1 Å². The zero-order valence-corrected chi connectivity index (χ0v) is 42.5. The van der Waals surface area contributed by atoms with E-state index < -0.39 is 5.41 Å². The number of hydrogen-bond donors (Lipinski definition) is 0. The third-order valence-corrected chi connectivity index (χ3v) is 16.4. The van der Waals surface area contributed by atoms with Gasteiger partial charge in [0.2, 0.25) is 0 Å². The van der Waals surface area contributed by atoms with Crippen LogP contribution in [0.25, 0.3) is 44.5 Å². The lowest BCUT2D eigenvalue weighted by Crippen LogP contribution is -2.30. The summed E-state index contributed by atoms with van der Waals surface area (Å²) in [5, 5.41) is 0. The molecule has 0 unspecified atom stereocenters. The summed E-state index contributed by atoms with van der Waals surface area (Å²) in [6.45, 7) is 23.6. The lowest BCUT2D eigenvalue weighted by molar-refractivity contribution is 0.585. The highest BCUT2D eigenvalue weighted by Gasteiger charge is 2.48. The molecule has 0 fully saturated rings. The van der Waals surface area contributed by atoms with E-state index in [2.05, 4.69) is 274 Å². The van der Waals surface area contributed by atoms with Crippen LogP contribution in [0.5, 0.6) is 0 Å². The molecule has 9 aromatic rings. The van der Waals surface area contributed by atoms with Crippen LogP contribution in [-0.4, -0.2) is 0 Å². The van der Waals surface area contributed by atoms with Crippen LogP contribution in [0.2, 0.25) is 0 Å². The highest BCUT2D eigenvalue weighted by molar-refractivity contribution is 5.99. The molecule has 0 amide bonds. The molecule has 1 nitrogen and oxygen atoms in total. The van der Waals surface area contributed by atoms with Crippen LogP contribution >= 0.6 is 0 Å². The van der Waals surface area contributed by atoms with Crippen molar-refractivity contribution in [2.24, 2.45) is 0 Å². The topological polar surface area (TPSA) is 3.24 Å². The lowest BCUT2D eigenvalue weighted by atomic mass is 9.66. The van der Waals surface area contributed by atoms with Gasteiger partial charge in [0, 0.05) is 27.8 Å². The molecular weight excluding hydrogens is 843 g/mol. The summed E-state index contributed by atoms with van der Waals surface area (Å²) in [4.78, 5) is 2.58. The fourth-order valence-corrected chi connectivity index (χ4v) is 12.9. The lowest BCUT2D eigenvalue weighted by Gasteiger charge is -2.36. The first-order chi connectivity index (χ1) is 33.5. The molecule has 0 aromatic heterocycles. The van der Waals surface area contributed by atoms with Gasteiger partial charge < -0.3 is 4.90 Å². The number of benzene rings is 9. The zero-order valence-electron chi connectivity index (χ0n) is 42.5. The van der Waals surface area contributed by atoms with E-state index in [-0.39, 0.29) is 21.7 Å². The quantitative estimate of drug-likeness (QED) is 0.161. The number of nitrogens with zero attached hydrogens (tertiary/aromatic N) is 1. The minimum Gasteiger partial charge on any atom is -0.310 e. The van der Waals surface area contributed by atoms with Crippen LogP contribution < -0.4 is 4.90 Å². The molecule has 0 saturated heterocycles. The van der Waals surface area contributed by atoms with Crippen molar-refractivity contribution in [2.45, 2.75) is 96.3 Å². The average Bonchev–Trinajstić information content (AvgIpc) is 3.89. The summed E-state index contributed by atoms with van der Waals surface area (Å²) < 4.78 is 0. The number of anilines is 3. The number of rotatable bonds is 6. The highest BCUT2D eigenvalue weighted by Crippen LogP contribution is 2.61. The molecule has 0 saturated carbocycles. The molecule has 12 rings (SSSR count). The molecule has 0 bridgehead atoms. The van der Waals surface area contributed by atoms with Gasteiger partial charge in [0.25, 0.3) is 0 Å². The number of fused-ring (bicyclic) bond motifs is 9. The first-order valence-corrected chi connectivity index (χ1v) is 25.3. The van der Waals surface area contributed by atoms with E-state index in [1.54, 1.807) is 0 Å². The Bertz CT molecular complexity index is 3520. The van der Waals surface area contributed by atoms with E-state index in [1.165, 1.54) is 106 Å². The first kappa shape index (κ1) is 44.0. The summed E-state index contributed by atoms with van der Waals surface area (Å²) in [5.74, 6) is 0. The predicted octanol–water partition coefficient (Wildman–Crippen LogP) is 18.4. The second kappa shape index (κ2) is 15.4. The van der Waals surface area contributed by atoms with Gasteiger partial charge >= 0.3 is 0 Å². The van der Waals surface area contributed by atoms with Crippen molar-refractivity contribution < 1.29 is 0 Å². The van der Waals surface area contributed by atoms with Crippen LogP contribution in [0.15, 0.2) is 200 Å². The average molecular weight is 906 g/mol. The van der Waals surface area contributed by atoms with E-state index in [0.717, 1.165) is 11.4 Å². The smallest absolute Gasteiger partial charge is 0.0714 e. The summed E-state index contributed by atoms with van der Waals surface area (Å²) in [6.07, 6.45) is 0. The molecule has 9 aromatic carbocycles. The normalized spacial score (nSPS) is 15.3. The fourth-order valence-electron chi connectivity index (χ4n) is 12.9. The molecule has 0 radical (unpaired) electrons. The maximum Gasteiger partial charge on any atom is 0.0714 e. The Morgan fingerprint density at radius 2 is 0.829 bits per heavy atom. The standard InChI is InChI=1S/C69H63N/c1-65(2,3)45-23-18-25-47(41-45)69(48-26-19-24-46(42-48)66(4,5)6)59-35-16-13-30-56(59)63-60(69)36-21-37-62(63)70(50-38-39-54-52-28-11-14-33-57(52)67(7,8)61(54)43-50)49-27-17-22-44(40-49)51-31-20-32-55-53-29-12-15-34-58(53)68(9,10)64(51)55/h11-43H,1-10H3. The summed E-state index contributed by atoms with van der Waals surface area (Å²) >= 11 is 0. The second-order valence-corrected chi connectivity index (χ2v) is 23.3. The van der Waals surface area contributed by atoms with Gasteiger partial charge in [-0.3, -0.25) is 0 Å². The molecule has 1 heteroatoms. The Kier molecular flexibility index (Phi) is 9.68. The Morgan fingerprint density at radius 3 is 1.49 bits per heavy atom. The van der Waals surface area contributed by atoms with E-state index in [1.807, 2.05) is 0 Å². The molecular formula is C69H63N. The van der Waals surface area contributed by atoms with Crippen LogP contribution in [0.4, 0.5) is 17.1 Å². The molecule has 344 valence electrons. The third kappa shape index (κ3) is 6.36. The van der Waals surface area contributed by atoms with Gasteiger partial charge in [-0.05, 0) is 136 Å². The zero-order chi connectivity index (χ0) is 48.5. The number of hydrogen-bond acceptors (Lipinski definition) is 1. The SMILES string of the molecule is CC(C)(C)c1cccc(C2(c3cccc(C(C)(C)C)c3)c3ccccc3-c3c(N(c4cccc(-c5cccc6c5C(C)(C)c5ccccc5-6)c4)c4ccc5c(c4)C(C)(C)c4ccccc4-5)cccc32)c1. The minimum absolute atomic E-state index is 0.0348. The van der Waals surface area contributed by atoms with Gasteiger partial charge in [0.1, 0.15) is 0 Å². The molecule has 70 heavy (non-hydrogen) atoms. The van der Waals surface area contributed by atoms with Crippen LogP contribution in [0, 0.1) is 0 Å². The van der Waals surface area contributed by atoms with Gasteiger partial charge in [-0.25, -0.2) is 0 Å². The fraction of sp³-hybridized carbons (Fsp3) is 0.217. The summed E-state index contributed by atoms with van der Waals surface area (Å²) in [7, 11) is 0. The van der Waals surface area contributed by atoms with Crippen molar-refractivity contribution in [3.63, 3.8) is 0 Å². The van der Waals surface area contributed by atoms with Gasteiger partial charge in [-0.15, -0.1) is 0 Å². The predicted molar refractivity (Wildman–Crippen MR) is 296 cm³/mol. The summed E-state index contributed by atoms with van der Waals surface area (Å²) in [6, 6.07) is 76.9. The van der Waals surface area contributed by atoms with Gasteiger partial charge in [0.15, 0.2) is 0 Å². The first-order valence-electron chi connectivity index (χ1n) is 25.3. The molecule has 0 spiro atoms. The van der Waals surface area contributed by atoms with E-state index in [4.69, 9.17) is 0 Å². The van der Waals surface area contributed by atoms with Crippen molar-refractivity contribution >= 4 is 17.1 Å². The molecule has 0 heterocycles. The van der Waals surface area contributed by atoms with Crippen molar-refractivity contribution in [1.82, 2.24) is 0 Å². The highest BCUT2D eigenvalue weighted by atomic mass is 15.1. The van der Waals surface area contributed by atoms with Crippen molar-refractivity contribution in [3.8, 4) is 44.5 Å². The monoisotopic (exact) mass is 905 g/mol. The maximum absolute atomic E-state index is 2.58. The van der Waals surface area contributed by atoms with E-state index >= 15 is 0 Å². The Hall–Kier alpha value is -7.22. The van der Waals surface area contributed by atoms with Crippen LogP contribution in [0.3, 0.4) is 0 Å².